The van der Waals surface area contributed by atoms with Crippen LogP contribution >= 0.6 is 0 Å². The number of carbonyl (C=O) groups excluding carboxylic acids is 1. The van der Waals surface area contributed by atoms with E-state index in [9.17, 15) is 4.79 Å². The highest BCUT2D eigenvalue weighted by molar-refractivity contribution is 5.76. The third-order valence-electron chi connectivity index (χ3n) is 3.93. The minimum atomic E-state index is -0.0682. The molecule has 0 aliphatic heterocycles. The van der Waals surface area contributed by atoms with E-state index in [1.807, 2.05) is 50.2 Å². The summed E-state index contributed by atoms with van der Waals surface area (Å²) >= 11 is 0. The van der Waals surface area contributed by atoms with Crippen molar-refractivity contribution in [3.63, 3.8) is 0 Å². The van der Waals surface area contributed by atoms with Crippen LogP contribution in [0.25, 0.3) is 11.4 Å². The van der Waals surface area contributed by atoms with E-state index < -0.39 is 0 Å². The summed E-state index contributed by atoms with van der Waals surface area (Å²) in [6.45, 7) is 3.96. The summed E-state index contributed by atoms with van der Waals surface area (Å²) in [5, 5.41) is 6.93. The average molecular weight is 336 g/mol. The normalized spacial score (nSPS) is 11.9. The first-order chi connectivity index (χ1) is 12.1. The van der Waals surface area contributed by atoms with Crippen molar-refractivity contribution in [2.75, 3.05) is 0 Å². The van der Waals surface area contributed by atoms with Gasteiger partial charge in [-0.2, -0.15) is 4.98 Å². The van der Waals surface area contributed by atoms with Gasteiger partial charge in [0.2, 0.25) is 17.6 Å². The Hall–Kier alpha value is -3.02. The average Bonchev–Trinajstić information content (AvgIpc) is 3.10. The molecule has 0 bridgehead atoms. The topological polar surface area (TPSA) is 80.9 Å². The van der Waals surface area contributed by atoms with Crippen molar-refractivity contribution >= 4 is 5.91 Å². The van der Waals surface area contributed by atoms with E-state index in [2.05, 4.69) is 20.4 Å². The van der Waals surface area contributed by atoms with Gasteiger partial charge in [-0.15, -0.1) is 0 Å². The first kappa shape index (κ1) is 16.8. The highest BCUT2D eigenvalue weighted by atomic mass is 16.5. The van der Waals surface area contributed by atoms with Crippen LogP contribution < -0.4 is 5.32 Å². The predicted molar refractivity (Wildman–Crippen MR) is 93.6 cm³/mol. The van der Waals surface area contributed by atoms with Gasteiger partial charge >= 0.3 is 0 Å². The molecule has 3 aromatic rings. The van der Waals surface area contributed by atoms with Crippen molar-refractivity contribution in [1.29, 1.82) is 0 Å². The van der Waals surface area contributed by atoms with Gasteiger partial charge < -0.3 is 9.84 Å². The van der Waals surface area contributed by atoms with Gasteiger partial charge in [0, 0.05) is 30.8 Å². The summed E-state index contributed by atoms with van der Waals surface area (Å²) in [6, 6.07) is 11.6. The summed E-state index contributed by atoms with van der Waals surface area (Å²) in [7, 11) is 0. The van der Waals surface area contributed by atoms with Gasteiger partial charge in [-0.1, -0.05) is 35.0 Å². The van der Waals surface area contributed by atoms with Gasteiger partial charge in [-0.25, -0.2) is 0 Å². The third-order valence-corrected chi connectivity index (χ3v) is 3.93. The molecule has 2 aromatic heterocycles. The molecule has 0 spiro atoms. The molecule has 0 radical (unpaired) electrons. The zero-order valence-corrected chi connectivity index (χ0v) is 14.3. The van der Waals surface area contributed by atoms with Gasteiger partial charge in [-0.05, 0) is 31.5 Å². The Balaban J connectivity index is 1.53. The van der Waals surface area contributed by atoms with E-state index in [-0.39, 0.29) is 11.9 Å². The van der Waals surface area contributed by atoms with Crippen molar-refractivity contribution in [2.24, 2.45) is 0 Å². The SMILES string of the molecule is Cc1ccc(-c2noc(CCC(=O)NC(C)c3ccncc3)n2)cc1. The molecular weight excluding hydrogens is 316 g/mol. The number of nitrogens with one attached hydrogen (secondary N) is 1. The number of carbonyl (C=O) groups is 1. The number of aromatic nitrogens is 3. The molecule has 1 unspecified atom stereocenters. The summed E-state index contributed by atoms with van der Waals surface area (Å²) in [5.74, 6) is 0.947. The number of rotatable bonds is 6. The Bertz CT molecular complexity index is 828. The molecule has 3 rings (SSSR count). The molecule has 128 valence electrons. The third kappa shape index (κ3) is 4.50. The Morgan fingerprint density at radius 3 is 2.60 bits per heavy atom. The fourth-order valence-electron chi connectivity index (χ4n) is 2.45. The van der Waals surface area contributed by atoms with Crippen LogP contribution in [0.4, 0.5) is 0 Å². The largest absolute Gasteiger partial charge is 0.350 e. The maximum absolute atomic E-state index is 12.1. The molecular formula is C19H20N4O2. The Morgan fingerprint density at radius 2 is 1.88 bits per heavy atom. The van der Waals surface area contributed by atoms with Crippen molar-refractivity contribution < 1.29 is 9.32 Å². The summed E-state index contributed by atoms with van der Waals surface area (Å²) < 4.78 is 5.24. The van der Waals surface area contributed by atoms with Crippen molar-refractivity contribution in [1.82, 2.24) is 20.4 Å². The van der Waals surface area contributed by atoms with Crippen LogP contribution in [0.2, 0.25) is 0 Å². The molecule has 6 heteroatoms. The van der Waals surface area contributed by atoms with E-state index in [1.165, 1.54) is 5.56 Å². The van der Waals surface area contributed by atoms with Gasteiger partial charge in [0.25, 0.3) is 0 Å². The molecule has 2 heterocycles. The lowest BCUT2D eigenvalue weighted by Crippen LogP contribution is -2.26. The lowest BCUT2D eigenvalue weighted by molar-refractivity contribution is -0.121. The number of benzene rings is 1. The number of aryl methyl sites for hydroxylation is 2. The smallest absolute Gasteiger partial charge is 0.227 e. The summed E-state index contributed by atoms with van der Waals surface area (Å²) in [5.41, 5.74) is 3.09. The molecule has 0 aliphatic rings. The molecule has 1 N–H and O–H groups in total. The lowest BCUT2D eigenvalue weighted by atomic mass is 10.1. The van der Waals surface area contributed by atoms with Crippen molar-refractivity contribution in [3.8, 4) is 11.4 Å². The fourth-order valence-corrected chi connectivity index (χ4v) is 2.45. The van der Waals surface area contributed by atoms with Crippen LogP contribution in [-0.2, 0) is 11.2 Å². The zero-order chi connectivity index (χ0) is 17.6. The first-order valence-electron chi connectivity index (χ1n) is 8.21. The highest BCUT2D eigenvalue weighted by Crippen LogP contribution is 2.17. The van der Waals surface area contributed by atoms with E-state index in [1.54, 1.807) is 12.4 Å². The first-order valence-corrected chi connectivity index (χ1v) is 8.21. The van der Waals surface area contributed by atoms with E-state index in [0.717, 1.165) is 11.1 Å². The standard InChI is InChI=1S/C19H20N4O2/c1-13-3-5-16(6-4-13)19-22-18(25-23-19)8-7-17(24)21-14(2)15-9-11-20-12-10-15/h3-6,9-12,14H,7-8H2,1-2H3,(H,21,24). The quantitative estimate of drug-likeness (QED) is 0.747. The summed E-state index contributed by atoms with van der Waals surface area (Å²) in [4.78, 5) is 20.4. The second kappa shape index (κ2) is 7.70. The Morgan fingerprint density at radius 1 is 1.16 bits per heavy atom. The minimum Gasteiger partial charge on any atom is -0.350 e. The molecule has 25 heavy (non-hydrogen) atoms. The van der Waals surface area contributed by atoms with Crippen molar-refractivity contribution in [3.05, 3.63) is 65.8 Å². The number of hydrogen-bond donors (Lipinski definition) is 1. The monoisotopic (exact) mass is 336 g/mol. The molecule has 0 fully saturated rings. The molecule has 6 nitrogen and oxygen atoms in total. The van der Waals surface area contributed by atoms with Gasteiger partial charge in [0.05, 0.1) is 6.04 Å². The minimum absolute atomic E-state index is 0.0561. The predicted octanol–water partition coefficient (Wildman–Crippen LogP) is 3.25. The lowest BCUT2D eigenvalue weighted by Gasteiger charge is -2.13. The van der Waals surface area contributed by atoms with Crippen LogP contribution in [-0.4, -0.2) is 21.0 Å². The molecule has 0 saturated carbocycles. The summed E-state index contributed by atoms with van der Waals surface area (Å²) in [6.07, 6.45) is 4.13. The molecule has 1 aromatic carbocycles. The second-order valence-corrected chi connectivity index (χ2v) is 5.95. The zero-order valence-electron chi connectivity index (χ0n) is 14.3. The number of hydrogen-bond acceptors (Lipinski definition) is 5. The van der Waals surface area contributed by atoms with Gasteiger partial charge in [0.1, 0.15) is 0 Å². The van der Waals surface area contributed by atoms with Crippen molar-refractivity contribution in [2.45, 2.75) is 32.7 Å². The van der Waals surface area contributed by atoms with Crippen LogP contribution in [0, 0.1) is 6.92 Å². The van der Waals surface area contributed by atoms with E-state index in [4.69, 9.17) is 4.52 Å². The maximum atomic E-state index is 12.1. The highest BCUT2D eigenvalue weighted by Gasteiger charge is 2.13. The number of amides is 1. The Labute approximate surface area is 146 Å². The van der Waals surface area contributed by atoms with Crippen LogP contribution in [0.3, 0.4) is 0 Å². The van der Waals surface area contributed by atoms with Gasteiger partial charge in [0.15, 0.2) is 0 Å². The van der Waals surface area contributed by atoms with Crippen LogP contribution in [0.5, 0.6) is 0 Å². The molecule has 0 aliphatic carbocycles. The fraction of sp³-hybridized carbons (Fsp3) is 0.263. The second-order valence-electron chi connectivity index (χ2n) is 5.95. The Kier molecular flexibility index (Phi) is 5.18. The molecule has 0 saturated heterocycles. The molecule has 1 atom stereocenters. The number of nitrogens with zero attached hydrogens (tertiary/aromatic N) is 3. The van der Waals surface area contributed by atoms with E-state index >= 15 is 0 Å². The molecule has 1 amide bonds. The van der Waals surface area contributed by atoms with E-state index in [0.29, 0.717) is 24.6 Å². The van der Waals surface area contributed by atoms with Crippen LogP contribution in [0.1, 0.15) is 36.4 Å². The number of pyridine rings is 1. The maximum Gasteiger partial charge on any atom is 0.227 e. The van der Waals surface area contributed by atoms with Gasteiger partial charge in [-0.3, -0.25) is 9.78 Å². The van der Waals surface area contributed by atoms with Crippen LogP contribution in [0.15, 0.2) is 53.3 Å².